The van der Waals surface area contributed by atoms with Gasteiger partial charge >= 0.3 is 6.09 Å². The number of aryl methyl sites for hydroxylation is 1. The van der Waals surface area contributed by atoms with Crippen molar-refractivity contribution < 1.29 is 23.6 Å². The molecule has 1 aromatic heterocycles. The molecule has 2 fully saturated rings. The molecular formula is C24H33FN5O4+. The first-order valence-corrected chi connectivity index (χ1v) is 12.0. The molecule has 184 valence electrons. The summed E-state index contributed by atoms with van der Waals surface area (Å²) in [5, 5.41) is 0.207. The van der Waals surface area contributed by atoms with Gasteiger partial charge in [-0.25, -0.2) is 9.18 Å². The molecule has 0 unspecified atom stereocenters. The maximum absolute atomic E-state index is 15.1. The molecule has 0 aliphatic carbocycles. The van der Waals surface area contributed by atoms with E-state index >= 15 is 4.39 Å². The summed E-state index contributed by atoms with van der Waals surface area (Å²) in [7, 11) is 2.12. The average molecular weight is 475 g/mol. The zero-order valence-electron chi connectivity index (χ0n) is 20.1. The van der Waals surface area contributed by atoms with Crippen LogP contribution in [0.15, 0.2) is 23.1 Å². The van der Waals surface area contributed by atoms with Crippen molar-refractivity contribution in [2.45, 2.75) is 20.4 Å². The van der Waals surface area contributed by atoms with Crippen LogP contribution in [0.25, 0.3) is 10.9 Å². The lowest BCUT2D eigenvalue weighted by Crippen LogP contribution is -3.12. The summed E-state index contributed by atoms with van der Waals surface area (Å²) in [6.07, 6.45) is 1.18. The number of carbonyl (C=O) groups is 2. The van der Waals surface area contributed by atoms with Crippen LogP contribution in [0.1, 0.15) is 24.2 Å². The number of fused-ring (bicyclic) bond motifs is 1. The summed E-state index contributed by atoms with van der Waals surface area (Å²) in [5.74, 6) is -0.844. The van der Waals surface area contributed by atoms with E-state index in [4.69, 9.17) is 4.74 Å². The Labute approximate surface area is 198 Å². The van der Waals surface area contributed by atoms with Crippen LogP contribution in [0.2, 0.25) is 0 Å². The van der Waals surface area contributed by atoms with Crippen molar-refractivity contribution in [2.75, 3.05) is 70.9 Å². The maximum Gasteiger partial charge on any atom is 0.409 e. The zero-order valence-corrected chi connectivity index (χ0v) is 20.1. The lowest BCUT2D eigenvalue weighted by molar-refractivity contribution is -0.880. The molecule has 2 aliphatic heterocycles. The number of hydrogen-bond donors (Lipinski definition) is 1. The third kappa shape index (κ3) is 4.59. The Balaban J connectivity index is 1.63. The number of anilines is 1. The lowest BCUT2D eigenvalue weighted by Gasteiger charge is -2.34. The largest absolute Gasteiger partial charge is 0.450 e. The Kier molecular flexibility index (Phi) is 7.06. The fourth-order valence-electron chi connectivity index (χ4n) is 4.66. The fraction of sp³-hybridized carbons (Fsp3) is 0.542. The number of hydrogen-bond acceptors (Lipinski definition) is 5. The molecule has 0 spiro atoms. The molecule has 0 bridgehead atoms. The van der Waals surface area contributed by atoms with Crippen molar-refractivity contribution in [1.29, 1.82) is 0 Å². The minimum atomic E-state index is -0.467. The van der Waals surface area contributed by atoms with Gasteiger partial charge in [0.05, 0.1) is 51.0 Å². The van der Waals surface area contributed by atoms with Crippen molar-refractivity contribution in [2.24, 2.45) is 0 Å². The van der Waals surface area contributed by atoms with Crippen LogP contribution >= 0.6 is 0 Å². The number of pyridine rings is 1. The van der Waals surface area contributed by atoms with Crippen LogP contribution in [-0.2, 0) is 11.3 Å². The highest BCUT2D eigenvalue weighted by Gasteiger charge is 2.28. The van der Waals surface area contributed by atoms with Gasteiger partial charge in [0, 0.05) is 44.3 Å². The second-order valence-electron chi connectivity index (χ2n) is 8.90. The molecule has 0 atom stereocenters. The smallest absolute Gasteiger partial charge is 0.409 e. The molecule has 1 N–H and O–H groups in total. The molecular weight excluding hydrogens is 441 g/mol. The number of benzene rings is 1. The molecule has 2 saturated heterocycles. The van der Waals surface area contributed by atoms with Crippen molar-refractivity contribution in [3.63, 3.8) is 0 Å². The van der Waals surface area contributed by atoms with E-state index in [0.29, 0.717) is 50.5 Å². The number of aromatic nitrogens is 1. The topological polar surface area (TPSA) is 79.5 Å². The monoisotopic (exact) mass is 474 g/mol. The first-order valence-electron chi connectivity index (χ1n) is 12.0. The van der Waals surface area contributed by atoms with E-state index in [1.165, 1.54) is 11.0 Å². The molecule has 10 heteroatoms. The second kappa shape index (κ2) is 10.0. The summed E-state index contributed by atoms with van der Waals surface area (Å²) >= 11 is 0. The van der Waals surface area contributed by atoms with Crippen LogP contribution in [0, 0.1) is 5.82 Å². The number of nitrogens with zero attached hydrogens (tertiary/aromatic N) is 4. The van der Waals surface area contributed by atoms with Gasteiger partial charge in [0.2, 0.25) is 5.43 Å². The standard InChI is InChI=1S/C24H32FN5O4/c1-4-27-16-18(23(32)29-10-12-30(13-11-29)24(33)34-5-2)22(31)17-14-19(25)21(15-20(17)27)28-8-6-26(3)7-9-28/h14-16H,4-13H2,1-3H3/p+1. The second-order valence-corrected chi connectivity index (χ2v) is 8.90. The Hall–Kier alpha value is -3.14. The highest BCUT2D eigenvalue weighted by atomic mass is 19.1. The summed E-state index contributed by atoms with van der Waals surface area (Å²) in [6.45, 7) is 9.13. The van der Waals surface area contributed by atoms with Gasteiger partial charge in [0.15, 0.2) is 0 Å². The van der Waals surface area contributed by atoms with Crippen LogP contribution in [0.4, 0.5) is 14.9 Å². The highest BCUT2D eigenvalue weighted by Crippen LogP contribution is 2.25. The Morgan fingerprint density at radius 2 is 1.68 bits per heavy atom. The zero-order chi connectivity index (χ0) is 24.4. The molecule has 2 amide bonds. The Bertz CT molecular complexity index is 1130. The average Bonchev–Trinajstić information content (AvgIpc) is 2.85. The van der Waals surface area contributed by atoms with Gasteiger partial charge in [0.25, 0.3) is 5.91 Å². The summed E-state index contributed by atoms with van der Waals surface area (Å²) in [4.78, 5) is 45.0. The third-order valence-corrected chi connectivity index (χ3v) is 6.77. The van der Waals surface area contributed by atoms with E-state index in [0.717, 1.165) is 26.2 Å². The van der Waals surface area contributed by atoms with E-state index in [1.54, 1.807) is 29.0 Å². The van der Waals surface area contributed by atoms with Gasteiger partial charge in [-0.15, -0.1) is 0 Å². The van der Waals surface area contributed by atoms with Gasteiger partial charge in [-0.3, -0.25) is 9.59 Å². The molecule has 9 nitrogen and oxygen atoms in total. The van der Waals surface area contributed by atoms with Crippen LogP contribution in [0.5, 0.6) is 0 Å². The van der Waals surface area contributed by atoms with E-state index in [-0.39, 0.29) is 10.9 Å². The van der Waals surface area contributed by atoms with E-state index < -0.39 is 23.2 Å². The fourth-order valence-corrected chi connectivity index (χ4v) is 4.66. The number of rotatable bonds is 4. The van der Waals surface area contributed by atoms with Crippen molar-refractivity contribution in [3.8, 4) is 0 Å². The minimum absolute atomic E-state index is 0.0225. The first-order chi connectivity index (χ1) is 16.3. The molecule has 2 aromatic rings. The van der Waals surface area contributed by atoms with Crippen LogP contribution in [-0.4, -0.2) is 92.4 Å². The Morgan fingerprint density at radius 3 is 2.29 bits per heavy atom. The molecule has 1 aromatic carbocycles. The summed E-state index contributed by atoms with van der Waals surface area (Å²) in [6, 6.07) is 3.02. The van der Waals surface area contributed by atoms with E-state index in [9.17, 15) is 14.4 Å². The molecule has 4 rings (SSSR count). The van der Waals surface area contributed by atoms with Gasteiger partial charge in [-0.1, -0.05) is 0 Å². The van der Waals surface area contributed by atoms with Gasteiger partial charge in [-0.05, 0) is 26.0 Å². The number of quaternary nitrogens is 1. The quantitative estimate of drug-likeness (QED) is 0.695. The number of amides is 2. The predicted molar refractivity (Wildman–Crippen MR) is 127 cm³/mol. The van der Waals surface area contributed by atoms with Crippen LogP contribution in [0.3, 0.4) is 0 Å². The van der Waals surface area contributed by atoms with Gasteiger partial charge < -0.3 is 28.9 Å². The van der Waals surface area contributed by atoms with Crippen molar-refractivity contribution in [3.05, 3.63) is 39.9 Å². The maximum atomic E-state index is 15.1. The molecule has 3 heterocycles. The highest BCUT2D eigenvalue weighted by molar-refractivity contribution is 5.98. The number of halogens is 1. The minimum Gasteiger partial charge on any atom is -0.450 e. The molecule has 34 heavy (non-hydrogen) atoms. The number of piperazine rings is 2. The van der Waals surface area contributed by atoms with Gasteiger partial charge in [0.1, 0.15) is 11.4 Å². The predicted octanol–water partition coefficient (Wildman–Crippen LogP) is 0.410. The summed E-state index contributed by atoms with van der Waals surface area (Å²) in [5.41, 5.74) is 0.676. The van der Waals surface area contributed by atoms with Gasteiger partial charge in [-0.2, -0.15) is 0 Å². The normalized spacial score (nSPS) is 17.4. The van der Waals surface area contributed by atoms with E-state index in [2.05, 4.69) is 7.05 Å². The number of likely N-dealkylation sites (N-methyl/N-ethyl adjacent to an activating group) is 1. The Morgan fingerprint density at radius 1 is 1.03 bits per heavy atom. The van der Waals surface area contributed by atoms with E-state index in [1.807, 2.05) is 16.4 Å². The number of nitrogens with one attached hydrogen (secondary N) is 1. The lowest BCUT2D eigenvalue weighted by atomic mass is 10.1. The first kappa shape index (κ1) is 24.0. The summed E-state index contributed by atoms with van der Waals surface area (Å²) < 4.78 is 22.0. The molecule has 0 saturated carbocycles. The number of carbonyl (C=O) groups excluding carboxylic acids is 2. The van der Waals surface area contributed by atoms with Crippen molar-refractivity contribution in [1.82, 2.24) is 14.4 Å². The van der Waals surface area contributed by atoms with Crippen LogP contribution < -0.4 is 15.2 Å². The molecule has 2 aliphatic rings. The van der Waals surface area contributed by atoms with Crippen molar-refractivity contribution >= 4 is 28.6 Å². The molecule has 0 radical (unpaired) electrons. The SMILES string of the molecule is CCOC(=O)N1CCN(C(=O)c2cn(CC)c3cc(N4CC[NH+](C)CC4)c(F)cc3c2=O)CC1. The third-order valence-electron chi connectivity index (χ3n) is 6.77. The number of ether oxygens (including phenoxy) is 1.